The lowest BCUT2D eigenvalue weighted by molar-refractivity contribution is -0.0508. The van der Waals surface area contributed by atoms with Gasteiger partial charge >= 0.3 is 0 Å². The number of hydrogen-bond acceptors (Lipinski definition) is 8. The molecule has 3 rings (SSSR count). The minimum Gasteiger partial charge on any atom is -0.394 e. The number of anilines is 1. The van der Waals surface area contributed by atoms with Crippen LogP contribution < -0.4 is 17.1 Å². The lowest BCUT2D eigenvalue weighted by Crippen LogP contribution is -2.33. The van der Waals surface area contributed by atoms with Crippen molar-refractivity contribution in [2.45, 2.75) is 24.5 Å². The Morgan fingerprint density at radius 1 is 1.38 bits per heavy atom. The van der Waals surface area contributed by atoms with Crippen molar-refractivity contribution >= 4 is 16.9 Å². The number of aliphatic hydroxyl groups is 3. The largest absolute Gasteiger partial charge is 0.394 e. The van der Waals surface area contributed by atoms with Crippen LogP contribution in [0.1, 0.15) is 6.23 Å². The number of rotatable bonds is 2. The standard InChI is InChI=1S/C11H15N5O5/c12-6-1-4-7(10(20)16(6)13)14-3-15(4)11-9(19)8(18)5(2-17)21-11/h1,3,5,8-9,11,17-19H,2,12-13H2/t5-,8+,9+,11-/m0/s1. The molecule has 4 atom stereocenters. The molecule has 7 N–H and O–H groups in total. The number of nitrogen functional groups attached to an aromatic ring is 2. The summed E-state index contributed by atoms with van der Waals surface area (Å²) in [6, 6.07) is 1.42. The van der Waals surface area contributed by atoms with Crippen LogP contribution >= 0.6 is 0 Å². The number of nitrogens with zero attached hydrogens (tertiary/aromatic N) is 3. The van der Waals surface area contributed by atoms with Gasteiger partial charge in [-0.1, -0.05) is 0 Å². The quantitative estimate of drug-likeness (QED) is 0.369. The van der Waals surface area contributed by atoms with E-state index in [4.69, 9.17) is 21.4 Å². The zero-order chi connectivity index (χ0) is 15.3. The number of pyridine rings is 1. The SMILES string of the molecule is Nc1cc2c(ncn2[C@H]2O[C@@H](CO)[C@@H](O)[C@H]2O)c(=O)n1N. The molecule has 1 fully saturated rings. The predicted octanol–water partition coefficient (Wildman–Crippen LogP) is -2.89. The van der Waals surface area contributed by atoms with Crippen LogP contribution in [0.15, 0.2) is 17.2 Å². The Kier molecular flexibility index (Phi) is 3.10. The summed E-state index contributed by atoms with van der Waals surface area (Å²) in [5.41, 5.74) is 5.42. The lowest BCUT2D eigenvalue weighted by Gasteiger charge is -2.17. The van der Waals surface area contributed by atoms with Crippen LogP contribution in [0, 0.1) is 0 Å². The number of aliphatic hydroxyl groups excluding tert-OH is 3. The summed E-state index contributed by atoms with van der Waals surface area (Å²) in [6.45, 7) is -0.445. The van der Waals surface area contributed by atoms with E-state index in [0.29, 0.717) is 5.52 Å². The monoisotopic (exact) mass is 297 g/mol. The summed E-state index contributed by atoms with van der Waals surface area (Å²) in [4.78, 5) is 15.9. The van der Waals surface area contributed by atoms with Gasteiger partial charge in [0.05, 0.1) is 18.5 Å². The van der Waals surface area contributed by atoms with Crippen molar-refractivity contribution in [2.75, 3.05) is 18.2 Å². The molecule has 0 bridgehead atoms. The van der Waals surface area contributed by atoms with Crippen LogP contribution in [-0.2, 0) is 4.74 Å². The van der Waals surface area contributed by atoms with E-state index in [0.717, 1.165) is 4.68 Å². The van der Waals surface area contributed by atoms with Gasteiger partial charge in [-0.05, 0) is 0 Å². The first-order valence-corrected chi connectivity index (χ1v) is 6.21. The Labute approximate surface area is 117 Å². The fraction of sp³-hybridized carbons (Fsp3) is 0.455. The van der Waals surface area contributed by atoms with E-state index in [1.165, 1.54) is 17.0 Å². The molecule has 1 aliphatic heterocycles. The van der Waals surface area contributed by atoms with E-state index in [1.54, 1.807) is 0 Å². The highest BCUT2D eigenvalue weighted by atomic mass is 16.6. The Morgan fingerprint density at radius 3 is 2.71 bits per heavy atom. The first-order valence-electron chi connectivity index (χ1n) is 6.21. The predicted molar refractivity (Wildman–Crippen MR) is 71.6 cm³/mol. The van der Waals surface area contributed by atoms with Crippen LogP contribution in [0.2, 0.25) is 0 Å². The van der Waals surface area contributed by atoms with Crippen molar-refractivity contribution < 1.29 is 20.1 Å². The Morgan fingerprint density at radius 2 is 2.10 bits per heavy atom. The van der Waals surface area contributed by atoms with Gasteiger partial charge in [0.2, 0.25) is 0 Å². The first kappa shape index (κ1) is 13.8. The molecule has 0 unspecified atom stereocenters. The van der Waals surface area contributed by atoms with Crippen LogP contribution in [-0.4, -0.2) is 54.5 Å². The topological polar surface area (TPSA) is 162 Å². The molecule has 0 aliphatic carbocycles. The van der Waals surface area contributed by atoms with E-state index in [-0.39, 0.29) is 11.3 Å². The molecule has 2 aromatic heterocycles. The van der Waals surface area contributed by atoms with Crippen LogP contribution in [0.5, 0.6) is 0 Å². The van der Waals surface area contributed by atoms with Crippen molar-refractivity contribution in [3.63, 3.8) is 0 Å². The Bertz CT molecular complexity index is 740. The molecular formula is C11H15N5O5. The highest BCUT2D eigenvalue weighted by Crippen LogP contribution is 2.31. The maximum absolute atomic E-state index is 11.9. The second-order valence-corrected chi connectivity index (χ2v) is 4.86. The van der Waals surface area contributed by atoms with E-state index in [1.807, 2.05) is 0 Å². The van der Waals surface area contributed by atoms with Gasteiger partial charge < -0.3 is 36.2 Å². The molecule has 0 saturated carbocycles. The van der Waals surface area contributed by atoms with Crippen LogP contribution in [0.3, 0.4) is 0 Å². The minimum atomic E-state index is -1.28. The summed E-state index contributed by atoms with van der Waals surface area (Å²) in [5, 5.41) is 28.9. The molecule has 10 heteroatoms. The van der Waals surface area contributed by atoms with Gasteiger partial charge in [-0.25, -0.2) is 9.66 Å². The number of hydrogen-bond donors (Lipinski definition) is 5. The molecule has 0 aromatic carbocycles. The van der Waals surface area contributed by atoms with Crippen LogP contribution in [0.4, 0.5) is 5.82 Å². The van der Waals surface area contributed by atoms with Gasteiger partial charge in [0.1, 0.15) is 24.1 Å². The smallest absolute Gasteiger partial charge is 0.298 e. The van der Waals surface area contributed by atoms with Gasteiger partial charge in [0, 0.05) is 6.07 Å². The minimum absolute atomic E-state index is 0.0148. The van der Waals surface area contributed by atoms with E-state index in [9.17, 15) is 15.0 Å². The molecule has 1 aliphatic rings. The fourth-order valence-corrected chi connectivity index (χ4v) is 2.43. The van der Waals surface area contributed by atoms with Crippen molar-refractivity contribution in [1.29, 1.82) is 0 Å². The zero-order valence-electron chi connectivity index (χ0n) is 10.8. The first-order chi connectivity index (χ1) is 9.95. The number of nitrogens with two attached hydrogens (primary N) is 2. The van der Waals surface area contributed by atoms with Crippen LogP contribution in [0.25, 0.3) is 11.0 Å². The third-order valence-electron chi connectivity index (χ3n) is 3.61. The van der Waals surface area contributed by atoms with Gasteiger partial charge in [0.15, 0.2) is 11.7 Å². The zero-order valence-corrected chi connectivity index (χ0v) is 10.8. The molecular weight excluding hydrogens is 282 g/mol. The number of ether oxygens (including phenoxy) is 1. The maximum atomic E-state index is 11.9. The van der Waals surface area contributed by atoms with Gasteiger partial charge in [0.25, 0.3) is 5.56 Å². The third-order valence-corrected chi connectivity index (χ3v) is 3.61. The Balaban J connectivity index is 2.12. The van der Waals surface area contributed by atoms with Gasteiger partial charge in [-0.15, -0.1) is 0 Å². The number of imidazole rings is 1. The van der Waals surface area contributed by atoms with Crippen molar-refractivity contribution in [3.8, 4) is 0 Å². The molecule has 114 valence electrons. The summed E-state index contributed by atoms with van der Waals surface area (Å²) in [6.07, 6.45) is -3.15. The fourth-order valence-electron chi connectivity index (χ4n) is 2.43. The summed E-state index contributed by atoms with van der Waals surface area (Å²) in [5.74, 6) is 5.49. The highest BCUT2D eigenvalue weighted by molar-refractivity contribution is 5.77. The number of aromatic nitrogens is 3. The third kappa shape index (κ3) is 1.88. The number of fused-ring (bicyclic) bond motifs is 1. The van der Waals surface area contributed by atoms with E-state index in [2.05, 4.69) is 4.98 Å². The average molecular weight is 297 g/mol. The molecule has 21 heavy (non-hydrogen) atoms. The lowest BCUT2D eigenvalue weighted by atomic mass is 10.1. The van der Waals surface area contributed by atoms with Crippen molar-refractivity contribution in [2.24, 2.45) is 0 Å². The molecule has 0 radical (unpaired) electrons. The molecule has 0 amide bonds. The molecule has 1 saturated heterocycles. The van der Waals surface area contributed by atoms with Gasteiger partial charge in [-0.3, -0.25) is 4.79 Å². The summed E-state index contributed by atoms with van der Waals surface area (Å²) in [7, 11) is 0. The Hall–Kier alpha value is -2.14. The second-order valence-electron chi connectivity index (χ2n) is 4.86. The normalized spacial score (nSPS) is 29.3. The molecule has 10 nitrogen and oxygen atoms in total. The van der Waals surface area contributed by atoms with E-state index >= 15 is 0 Å². The molecule has 2 aromatic rings. The van der Waals surface area contributed by atoms with Gasteiger partial charge in [-0.2, -0.15) is 0 Å². The summed E-state index contributed by atoms with van der Waals surface area (Å²) < 4.78 is 7.52. The highest BCUT2D eigenvalue weighted by Gasteiger charge is 2.43. The van der Waals surface area contributed by atoms with E-state index < -0.39 is 36.7 Å². The van der Waals surface area contributed by atoms with Crippen molar-refractivity contribution in [3.05, 3.63) is 22.7 Å². The van der Waals surface area contributed by atoms with Crippen molar-refractivity contribution in [1.82, 2.24) is 14.2 Å². The molecule has 3 heterocycles. The average Bonchev–Trinajstić information content (AvgIpc) is 2.99. The molecule has 0 spiro atoms. The summed E-state index contributed by atoms with van der Waals surface area (Å²) >= 11 is 0. The second kappa shape index (κ2) is 4.70. The maximum Gasteiger partial charge on any atom is 0.298 e.